The van der Waals surface area contributed by atoms with Gasteiger partial charge in [0.1, 0.15) is 5.52 Å². The van der Waals surface area contributed by atoms with Gasteiger partial charge in [-0.2, -0.15) is 0 Å². The first kappa shape index (κ1) is 10.5. The van der Waals surface area contributed by atoms with Crippen molar-refractivity contribution < 1.29 is 9.90 Å². The zero-order chi connectivity index (χ0) is 12.5. The number of hydrogen-bond acceptors (Lipinski definition) is 3. The Kier molecular flexibility index (Phi) is 2.30. The van der Waals surface area contributed by atoms with Crippen LogP contribution in [0.5, 0.6) is 0 Å². The van der Waals surface area contributed by atoms with Crippen molar-refractivity contribution in [3.63, 3.8) is 0 Å². The van der Waals surface area contributed by atoms with Crippen LogP contribution in [0.1, 0.15) is 10.4 Å². The molecule has 5 heteroatoms. The SMILES string of the molecule is O=C(O)c1ccc(-c2cc3nccnc3[nH]2)cc1. The van der Waals surface area contributed by atoms with E-state index in [0.717, 1.165) is 22.4 Å². The summed E-state index contributed by atoms with van der Waals surface area (Å²) in [5.41, 5.74) is 3.55. The Morgan fingerprint density at radius 1 is 1.11 bits per heavy atom. The number of hydrogen-bond donors (Lipinski definition) is 2. The Labute approximate surface area is 102 Å². The van der Waals surface area contributed by atoms with Gasteiger partial charge in [-0.3, -0.25) is 4.98 Å². The molecular weight excluding hydrogens is 230 g/mol. The van der Waals surface area contributed by atoms with E-state index in [2.05, 4.69) is 15.0 Å². The predicted octanol–water partition coefficient (Wildman–Crippen LogP) is 2.32. The van der Waals surface area contributed by atoms with Crippen LogP contribution in [0.2, 0.25) is 0 Å². The third-order valence-corrected chi connectivity index (χ3v) is 2.70. The number of nitrogens with zero attached hydrogens (tertiary/aromatic N) is 2. The maximum atomic E-state index is 10.8. The minimum absolute atomic E-state index is 0.270. The van der Waals surface area contributed by atoms with Gasteiger partial charge in [-0.15, -0.1) is 0 Å². The number of nitrogens with one attached hydrogen (secondary N) is 1. The summed E-state index contributed by atoms with van der Waals surface area (Å²) in [6.07, 6.45) is 3.25. The fourth-order valence-corrected chi connectivity index (χ4v) is 1.80. The first-order chi connectivity index (χ1) is 8.74. The van der Waals surface area contributed by atoms with Gasteiger partial charge in [0, 0.05) is 18.1 Å². The predicted molar refractivity (Wildman–Crippen MR) is 66.3 cm³/mol. The first-order valence-corrected chi connectivity index (χ1v) is 5.37. The Bertz CT molecular complexity index is 683. The summed E-state index contributed by atoms with van der Waals surface area (Å²) in [4.78, 5) is 22.2. The van der Waals surface area contributed by atoms with Crippen molar-refractivity contribution in [3.05, 3.63) is 48.3 Å². The number of aromatic nitrogens is 3. The molecule has 0 saturated heterocycles. The van der Waals surface area contributed by atoms with E-state index in [-0.39, 0.29) is 5.56 Å². The zero-order valence-electron chi connectivity index (χ0n) is 9.29. The fraction of sp³-hybridized carbons (Fsp3) is 0. The third kappa shape index (κ3) is 1.71. The Hall–Kier alpha value is -2.69. The summed E-state index contributed by atoms with van der Waals surface area (Å²) in [5.74, 6) is -0.929. The van der Waals surface area contributed by atoms with Gasteiger partial charge in [-0.1, -0.05) is 12.1 Å². The molecule has 0 spiro atoms. The summed E-state index contributed by atoms with van der Waals surface area (Å²) in [6, 6.07) is 8.55. The van der Waals surface area contributed by atoms with Crippen molar-refractivity contribution in [2.24, 2.45) is 0 Å². The smallest absolute Gasteiger partial charge is 0.335 e. The minimum atomic E-state index is -0.929. The maximum Gasteiger partial charge on any atom is 0.335 e. The molecule has 3 rings (SSSR count). The largest absolute Gasteiger partial charge is 0.478 e. The lowest BCUT2D eigenvalue weighted by atomic mass is 10.1. The van der Waals surface area contributed by atoms with Crippen molar-refractivity contribution in [1.29, 1.82) is 0 Å². The van der Waals surface area contributed by atoms with Gasteiger partial charge in [0.15, 0.2) is 5.65 Å². The number of benzene rings is 1. The lowest BCUT2D eigenvalue weighted by Crippen LogP contribution is -1.94. The average Bonchev–Trinajstić information content (AvgIpc) is 2.82. The van der Waals surface area contributed by atoms with Gasteiger partial charge in [0.2, 0.25) is 0 Å². The second-order valence-corrected chi connectivity index (χ2v) is 3.86. The number of aromatic amines is 1. The van der Waals surface area contributed by atoms with Crippen molar-refractivity contribution in [1.82, 2.24) is 15.0 Å². The Morgan fingerprint density at radius 3 is 2.50 bits per heavy atom. The number of aromatic carboxylic acids is 1. The molecule has 1 aromatic carbocycles. The lowest BCUT2D eigenvalue weighted by molar-refractivity contribution is 0.0697. The Balaban J connectivity index is 2.06. The summed E-state index contributed by atoms with van der Waals surface area (Å²) in [7, 11) is 0. The number of fused-ring (bicyclic) bond motifs is 1. The number of H-pyrrole nitrogens is 1. The second-order valence-electron chi connectivity index (χ2n) is 3.86. The highest BCUT2D eigenvalue weighted by molar-refractivity contribution is 5.88. The van der Waals surface area contributed by atoms with E-state index in [1.807, 2.05) is 6.07 Å². The number of carboxylic acid groups (broad SMARTS) is 1. The van der Waals surface area contributed by atoms with Gasteiger partial charge < -0.3 is 10.1 Å². The monoisotopic (exact) mass is 239 g/mol. The zero-order valence-corrected chi connectivity index (χ0v) is 9.29. The van der Waals surface area contributed by atoms with Gasteiger partial charge in [-0.25, -0.2) is 9.78 Å². The van der Waals surface area contributed by atoms with E-state index in [4.69, 9.17) is 5.11 Å². The van der Waals surface area contributed by atoms with Crippen molar-refractivity contribution in [2.75, 3.05) is 0 Å². The molecule has 5 nitrogen and oxygen atoms in total. The van der Waals surface area contributed by atoms with Crippen LogP contribution in [0.15, 0.2) is 42.7 Å². The molecule has 0 unspecified atom stereocenters. The molecule has 18 heavy (non-hydrogen) atoms. The summed E-state index contributed by atoms with van der Waals surface area (Å²) in [6.45, 7) is 0. The average molecular weight is 239 g/mol. The van der Waals surface area contributed by atoms with Crippen LogP contribution in [-0.4, -0.2) is 26.0 Å². The van der Waals surface area contributed by atoms with Gasteiger partial charge in [-0.05, 0) is 23.8 Å². The molecule has 2 aromatic heterocycles. The highest BCUT2D eigenvalue weighted by atomic mass is 16.4. The summed E-state index contributed by atoms with van der Waals surface area (Å²) in [5, 5.41) is 8.83. The van der Waals surface area contributed by atoms with Crippen LogP contribution >= 0.6 is 0 Å². The standard InChI is InChI=1S/C13H9N3O2/c17-13(18)9-3-1-8(2-4-9)10-7-11-12(16-10)15-6-5-14-11/h1-7H,(H,15,16)(H,17,18). The highest BCUT2D eigenvalue weighted by Gasteiger charge is 2.06. The number of carboxylic acids is 1. The molecule has 0 aliphatic rings. The van der Waals surface area contributed by atoms with Crippen LogP contribution in [0.4, 0.5) is 0 Å². The third-order valence-electron chi connectivity index (χ3n) is 2.70. The molecule has 2 heterocycles. The molecule has 88 valence electrons. The van der Waals surface area contributed by atoms with Crippen LogP contribution in [0.25, 0.3) is 22.4 Å². The van der Waals surface area contributed by atoms with E-state index >= 15 is 0 Å². The van der Waals surface area contributed by atoms with Crippen molar-refractivity contribution >= 4 is 17.1 Å². The topological polar surface area (TPSA) is 78.9 Å². The van der Waals surface area contributed by atoms with E-state index in [1.165, 1.54) is 0 Å². The maximum absolute atomic E-state index is 10.8. The molecule has 0 bridgehead atoms. The molecule has 0 fully saturated rings. The van der Waals surface area contributed by atoms with Crippen LogP contribution in [0.3, 0.4) is 0 Å². The van der Waals surface area contributed by atoms with E-state index in [1.54, 1.807) is 36.7 Å². The molecule has 0 atom stereocenters. The number of carbonyl (C=O) groups is 1. The van der Waals surface area contributed by atoms with Crippen LogP contribution < -0.4 is 0 Å². The van der Waals surface area contributed by atoms with Gasteiger partial charge in [0.25, 0.3) is 0 Å². The quantitative estimate of drug-likeness (QED) is 0.719. The Morgan fingerprint density at radius 2 is 1.83 bits per heavy atom. The molecule has 0 amide bonds. The van der Waals surface area contributed by atoms with E-state index in [9.17, 15) is 4.79 Å². The van der Waals surface area contributed by atoms with Crippen LogP contribution in [-0.2, 0) is 0 Å². The highest BCUT2D eigenvalue weighted by Crippen LogP contribution is 2.22. The lowest BCUT2D eigenvalue weighted by Gasteiger charge is -1.98. The summed E-state index contributed by atoms with van der Waals surface area (Å²) >= 11 is 0. The van der Waals surface area contributed by atoms with E-state index < -0.39 is 5.97 Å². The van der Waals surface area contributed by atoms with Gasteiger partial charge in [0.05, 0.1) is 5.56 Å². The minimum Gasteiger partial charge on any atom is -0.478 e. The van der Waals surface area contributed by atoms with Crippen molar-refractivity contribution in [2.45, 2.75) is 0 Å². The molecular formula is C13H9N3O2. The van der Waals surface area contributed by atoms with Crippen LogP contribution in [0, 0.1) is 0 Å². The molecule has 0 aliphatic carbocycles. The molecule has 0 aliphatic heterocycles. The molecule has 0 saturated carbocycles. The number of rotatable bonds is 2. The van der Waals surface area contributed by atoms with E-state index in [0.29, 0.717) is 0 Å². The normalized spacial score (nSPS) is 10.7. The fourth-order valence-electron chi connectivity index (χ4n) is 1.80. The van der Waals surface area contributed by atoms with Crippen molar-refractivity contribution in [3.8, 4) is 11.3 Å². The molecule has 0 radical (unpaired) electrons. The first-order valence-electron chi connectivity index (χ1n) is 5.37. The van der Waals surface area contributed by atoms with Gasteiger partial charge >= 0.3 is 5.97 Å². The molecule has 2 N–H and O–H groups in total. The summed E-state index contributed by atoms with van der Waals surface area (Å²) < 4.78 is 0. The second kappa shape index (κ2) is 3.96. The molecule has 3 aromatic rings.